The van der Waals surface area contributed by atoms with E-state index in [0.29, 0.717) is 5.56 Å². The molecule has 0 saturated heterocycles. The van der Waals surface area contributed by atoms with Crippen molar-refractivity contribution < 1.29 is 8.78 Å². The Kier molecular flexibility index (Phi) is 5.56. The van der Waals surface area contributed by atoms with E-state index in [4.69, 9.17) is 4.98 Å². The van der Waals surface area contributed by atoms with Crippen molar-refractivity contribution in [3.05, 3.63) is 132 Å². The van der Waals surface area contributed by atoms with Crippen molar-refractivity contribution in [1.82, 2.24) is 14.4 Å². The van der Waals surface area contributed by atoms with Crippen LogP contribution in [0.3, 0.4) is 0 Å². The number of nitrogens with zero attached hydrogens (tertiary/aromatic N) is 3. The number of halogens is 2. The Hall–Kier alpha value is -5.20. The van der Waals surface area contributed by atoms with Gasteiger partial charge in [-0.05, 0) is 92.9 Å². The molecular weight excluding hydrogens is 569 g/mol. The highest BCUT2D eigenvalue weighted by atomic mass is 32.1. The average Bonchev–Trinajstić information content (AvgIpc) is 3.60. The van der Waals surface area contributed by atoms with Crippen LogP contribution in [-0.4, -0.2) is 14.4 Å². The molecule has 1 aliphatic rings. The molecule has 4 heterocycles. The van der Waals surface area contributed by atoms with Crippen LogP contribution in [0.15, 0.2) is 109 Å². The van der Waals surface area contributed by atoms with Gasteiger partial charge in [-0.1, -0.05) is 78.9 Å². The standard InChI is InChI=1S/C38H23F2N3S/c39-32-19-18-25(37(40)41-32)22-13-15-23(16-14-22)34-26-7-1-3-9-28(26)35(29-10-4-2-8-27(29)34)24-17-20-33-42-36-30-11-5-6-12-31(30)44-38(36)43(33)21-24/h1,3-7,9-21H,2,8H2. The van der Waals surface area contributed by atoms with Crippen molar-refractivity contribution in [3.8, 4) is 33.4 Å². The third-order valence-electron chi connectivity index (χ3n) is 8.72. The number of benzene rings is 4. The third-order valence-corrected chi connectivity index (χ3v) is 9.88. The molecule has 0 atom stereocenters. The first-order valence-electron chi connectivity index (χ1n) is 14.6. The zero-order valence-electron chi connectivity index (χ0n) is 23.4. The molecule has 4 aromatic carbocycles. The van der Waals surface area contributed by atoms with Gasteiger partial charge in [0.25, 0.3) is 0 Å². The van der Waals surface area contributed by atoms with E-state index in [1.807, 2.05) is 24.3 Å². The first-order chi connectivity index (χ1) is 21.6. The fourth-order valence-corrected chi connectivity index (χ4v) is 7.90. The molecule has 0 spiro atoms. The van der Waals surface area contributed by atoms with E-state index in [2.05, 4.69) is 88.4 Å². The molecule has 0 saturated carbocycles. The number of hydrogen-bond donors (Lipinski definition) is 0. The van der Waals surface area contributed by atoms with Crippen LogP contribution >= 0.6 is 11.3 Å². The molecule has 1 aliphatic carbocycles. The predicted molar refractivity (Wildman–Crippen MR) is 177 cm³/mol. The molecule has 9 rings (SSSR count). The lowest BCUT2D eigenvalue weighted by atomic mass is 9.80. The van der Waals surface area contributed by atoms with E-state index in [0.717, 1.165) is 40.0 Å². The quantitative estimate of drug-likeness (QED) is 0.191. The van der Waals surface area contributed by atoms with Crippen LogP contribution in [0.25, 0.3) is 76.3 Å². The molecule has 210 valence electrons. The summed E-state index contributed by atoms with van der Waals surface area (Å²) in [6.45, 7) is 0. The highest BCUT2D eigenvalue weighted by Gasteiger charge is 2.22. The Bertz CT molecular complexity index is 2470. The molecule has 0 fully saturated rings. The van der Waals surface area contributed by atoms with Gasteiger partial charge >= 0.3 is 0 Å². The summed E-state index contributed by atoms with van der Waals surface area (Å²) in [6.07, 6.45) is 8.66. The molecule has 0 aliphatic heterocycles. The van der Waals surface area contributed by atoms with Crippen molar-refractivity contribution in [2.24, 2.45) is 0 Å². The number of fused-ring (bicyclic) bond motifs is 7. The smallest absolute Gasteiger partial charge is 0.223 e. The second kappa shape index (κ2) is 9.66. The molecule has 0 amide bonds. The van der Waals surface area contributed by atoms with Gasteiger partial charge in [0.15, 0.2) is 0 Å². The van der Waals surface area contributed by atoms with Gasteiger partial charge in [-0.3, -0.25) is 4.40 Å². The van der Waals surface area contributed by atoms with Gasteiger partial charge in [0.05, 0.1) is 0 Å². The molecule has 0 radical (unpaired) electrons. The fraction of sp³-hybridized carbons (Fsp3) is 0.0526. The van der Waals surface area contributed by atoms with Crippen LogP contribution in [0.2, 0.25) is 0 Å². The van der Waals surface area contributed by atoms with Gasteiger partial charge in [-0.25, -0.2) is 4.98 Å². The minimum atomic E-state index is -0.825. The van der Waals surface area contributed by atoms with Crippen molar-refractivity contribution in [3.63, 3.8) is 0 Å². The number of allylic oxidation sites excluding steroid dienone is 1. The minimum Gasteiger partial charge on any atom is -0.290 e. The van der Waals surface area contributed by atoms with Gasteiger partial charge in [0.1, 0.15) is 16.0 Å². The zero-order valence-corrected chi connectivity index (χ0v) is 24.2. The molecule has 8 aromatic rings. The van der Waals surface area contributed by atoms with Crippen LogP contribution in [-0.2, 0) is 6.42 Å². The fourth-order valence-electron chi connectivity index (χ4n) is 6.77. The third kappa shape index (κ3) is 3.77. The Morgan fingerprint density at radius 3 is 2.23 bits per heavy atom. The first kappa shape index (κ1) is 25.3. The van der Waals surface area contributed by atoms with Crippen molar-refractivity contribution in [2.45, 2.75) is 12.8 Å². The van der Waals surface area contributed by atoms with Gasteiger partial charge in [-0.15, -0.1) is 11.3 Å². The van der Waals surface area contributed by atoms with Gasteiger partial charge in [0.2, 0.25) is 11.9 Å². The molecular formula is C38H23F2N3S. The molecule has 6 heteroatoms. The Morgan fingerprint density at radius 1 is 0.682 bits per heavy atom. The van der Waals surface area contributed by atoms with E-state index < -0.39 is 11.9 Å². The second-order valence-corrected chi connectivity index (χ2v) is 12.2. The lowest BCUT2D eigenvalue weighted by Gasteiger charge is -2.24. The predicted octanol–water partition coefficient (Wildman–Crippen LogP) is 10.5. The van der Waals surface area contributed by atoms with Gasteiger partial charge < -0.3 is 0 Å². The molecule has 3 nitrogen and oxygen atoms in total. The topological polar surface area (TPSA) is 30.2 Å². The van der Waals surface area contributed by atoms with Crippen LogP contribution < -0.4 is 0 Å². The number of rotatable bonds is 3. The summed E-state index contributed by atoms with van der Waals surface area (Å²) in [5.41, 5.74) is 10.1. The average molecular weight is 592 g/mol. The molecule has 0 unspecified atom stereocenters. The largest absolute Gasteiger partial charge is 0.290 e. The summed E-state index contributed by atoms with van der Waals surface area (Å²) in [5, 5.41) is 3.55. The van der Waals surface area contributed by atoms with Crippen LogP contribution in [0.4, 0.5) is 8.78 Å². The van der Waals surface area contributed by atoms with E-state index in [9.17, 15) is 8.78 Å². The van der Waals surface area contributed by atoms with Crippen LogP contribution in [0.1, 0.15) is 17.5 Å². The number of thiophene rings is 1. The minimum absolute atomic E-state index is 0.283. The van der Waals surface area contributed by atoms with Gasteiger partial charge in [-0.2, -0.15) is 13.8 Å². The normalized spacial score (nSPS) is 13.0. The lowest BCUT2D eigenvalue weighted by molar-refractivity contribution is 0.515. The molecule has 44 heavy (non-hydrogen) atoms. The summed E-state index contributed by atoms with van der Waals surface area (Å²) in [5.74, 6) is -1.63. The molecule has 0 N–H and O–H groups in total. The summed E-state index contributed by atoms with van der Waals surface area (Å²) in [4.78, 5) is 9.51. The first-order valence-corrected chi connectivity index (χ1v) is 15.4. The van der Waals surface area contributed by atoms with Gasteiger partial charge in [0, 0.05) is 21.8 Å². The SMILES string of the molecule is Fc1ccc(-c2ccc(-c3c4c(c(-c5ccc6nc7c8ccccc8sc7n6c5)c5ccccc35)C=CCC4)cc2)c(F)n1. The molecule has 4 aromatic heterocycles. The number of hydrogen-bond acceptors (Lipinski definition) is 3. The summed E-state index contributed by atoms with van der Waals surface area (Å²) in [7, 11) is 0. The highest BCUT2D eigenvalue weighted by molar-refractivity contribution is 7.25. The van der Waals surface area contributed by atoms with E-state index in [1.54, 1.807) is 11.3 Å². The monoisotopic (exact) mass is 591 g/mol. The van der Waals surface area contributed by atoms with E-state index >= 15 is 0 Å². The summed E-state index contributed by atoms with van der Waals surface area (Å²) in [6, 6.07) is 31.9. The van der Waals surface area contributed by atoms with Crippen molar-refractivity contribution in [2.75, 3.05) is 0 Å². The van der Waals surface area contributed by atoms with Crippen molar-refractivity contribution in [1.29, 1.82) is 0 Å². The summed E-state index contributed by atoms with van der Waals surface area (Å²) < 4.78 is 31.4. The summed E-state index contributed by atoms with van der Waals surface area (Å²) >= 11 is 1.78. The molecule has 0 bridgehead atoms. The van der Waals surface area contributed by atoms with Crippen LogP contribution in [0, 0.1) is 11.9 Å². The maximum absolute atomic E-state index is 14.5. The maximum Gasteiger partial charge on any atom is 0.223 e. The number of imidazole rings is 1. The Labute approximate surface area is 255 Å². The number of pyridine rings is 2. The van der Waals surface area contributed by atoms with Crippen LogP contribution in [0.5, 0.6) is 0 Å². The van der Waals surface area contributed by atoms with E-state index in [-0.39, 0.29) is 5.56 Å². The second-order valence-electron chi connectivity index (χ2n) is 11.2. The highest BCUT2D eigenvalue weighted by Crippen LogP contribution is 2.45. The Balaban J connectivity index is 1.26. The zero-order chi connectivity index (χ0) is 29.4. The van der Waals surface area contributed by atoms with Crippen molar-refractivity contribution >= 4 is 54.3 Å². The maximum atomic E-state index is 14.5. The Morgan fingerprint density at radius 2 is 1.41 bits per heavy atom. The number of aromatic nitrogens is 3. The lowest BCUT2D eigenvalue weighted by Crippen LogP contribution is -2.03. The van der Waals surface area contributed by atoms with E-state index in [1.165, 1.54) is 55.2 Å².